The number of pyridine rings is 1. The maximum Gasteiger partial charge on any atom is 0.410 e. The van der Waals surface area contributed by atoms with Crippen LogP contribution in [0.3, 0.4) is 0 Å². The highest BCUT2D eigenvalue weighted by Gasteiger charge is 2.60. The Hall–Kier alpha value is -3.41. The summed E-state index contributed by atoms with van der Waals surface area (Å²) in [5, 5.41) is 16.1. The van der Waals surface area contributed by atoms with Crippen molar-refractivity contribution in [1.29, 1.82) is 0 Å². The zero-order valence-electron chi connectivity index (χ0n) is 35.1. The Kier molecular flexibility index (Phi) is 13.2. The van der Waals surface area contributed by atoms with E-state index in [-0.39, 0.29) is 49.4 Å². The number of fused-ring (bicyclic) bond motifs is 4. The molecule has 16 heteroatoms. The second-order valence-electron chi connectivity index (χ2n) is 17.3. The van der Waals surface area contributed by atoms with Gasteiger partial charge in [0, 0.05) is 36.2 Å². The van der Waals surface area contributed by atoms with Crippen molar-refractivity contribution in [3.63, 3.8) is 0 Å². The molecule has 5 aliphatic heterocycles. The Labute approximate surface area is 335 Å². The highest BCUT2D eigenvalue weighted by Crippen LogP contribution is 2.45. The number of ether oxygens (including phenoxy) is 6. The maximum absolute atomic E-state index is 14.5. The predicted molar refractivity (Wildman–Crippen MR) is 210 cm³/mol. The fourth-order valence-electron chi connectivity index (χ4n) is 9.99. The molecular formula is C41H63N5O11. The number of aliphatic imine (C=N–C) groups is 1. The van der Waals surface area contributed by atoms with E-state index in [1.54, 1.807) is 24.0 Å². The molecule has 14 atom stereocenters. The molecule has 0 aliphatic carbocycles. The molecule has 318 valence electrons. The molecular weight excluding hydrogens is 738 g/mol. The van der Waals surface area contributed by atoms with Crippen LogP contribution in [0.25, 0.3) is 0 Å². The van der Waals surface area contributed by atoms with Gasteiger partial charge in [-0.2, -0.15) is 0 Å². The largest absolute Gasteiger partial charge is 0.458 e. The third kappa shape index (κ3) is 8.81. The van der Waals surface area contributed by atoms with E-state index >= 15 is 0 Å². The summed E-state index contributed by atoms with van der Waals surface area (Å²) >= 11 is 0. The first-order valence-corrected chi connectivity index (χ1v) is 20.5. The van der Waals surface area contributed by atoms with Crippen molar-refractivity contribution in [3.8, 4) is 0 Å². The van der Waals surface area contributed by atoms with Gasteiger partial charge < -0.3 is 48.2 Å². The molecule has 6 heterocycles. The van der Waals surface area contributed by atoms with Gasteiger partial charge in [-0.15, -0.1) is 0 Å². The van der Waals surface area contributed by atoms with Gasteiger partial charge in [0.25, 0.3) is 0 Å². The summed E-state index contributed by atoms with van der Waals surface area (Å²) in [7, 11) is 3.85. The van der Waals surface area contributed by atoms with Crippen LogP contribution in [0.4, 0.5) is 4.79 Å². The number of nitrogens with one attached hydrogen (secondary N) is 1. The number of hydrogen-bond donors (Lipinski definition) is 2. The minimum absolute atomic E-state index is 0.00194. The average molecular weight is 802 g/mol. The van der Waals surface area contributed by atoms with Crippen LogP contribution in [0, 0.1) is 23.7 Å². The van der Waals surface area contributed by atoms with E-state index in [1.807, 2.05) is 53.6 Å². The van der Waals surface area contributed by atoms with Crippen LogP contribution >= 0.6 is 0 Å². The summed E-state index contributed by atoms with van der Waals surface area (Å²) in [6, 6.07) is 4.11. The average Bonchev–Trinajstić information content (AvgIpc) is 3.30. The summed E-state index contributed by atoms with van der Waals surface area (Å²) in [5.41, 5.74) is -0.665. The molecule has 6 rings (SSSR count). The number of carbonyl (C=O) groups is 2. The summed E-state index contributed by atoms with van der Waals surface area (Å²) in [6.07, 6.45) is -3.61. The number of aromatic amines is 1. The van der Waals surface area contributed by atoms with Gasteiger partial charge in [0.1, 0.15) is 17.9 Å². The number of nitrogens with zero attached hydrogens (tertiary/aromatic N) is 4. The van der Waals surface area contributed by atoms with Gasteiger partial charge >= 0.3 is 12.1 Å². The first kappa shape index (κ1) is 43.2. The summed E-state index contributed by atoms with van der Waals surface area (Å²) in [5.74, 6) is -2.35. The zero-order chi connectivity index (χ0) is 41.4. The molecule has 16 nitrogen and oxygen atoms in total. The fraction of sp³-hybridized carbons (Fsp3) is 0.780. The molecule has 4 fully saturated rings. The monoisotopic (exact) mass is 801 g/mol. The first-order chi connectivity index (χ1) is 27.0. The number of esters is 1. The predicted octanol–water partition coefficient (Wildman–Crippen LogP) is 3.54. The van der Waals surface area contributed by atoms with Crippen molar-refractivity contribution >= 4 is 23.5 Å². The van der Waals surface area contributed by atoms with E-state index in [2.05, 4.69) is 24.0 Å². The number of likely N-dealkylation sites (N-methyl/N-ethyl adjacent to an activating group) is 1. The SMILES string of the molecule is CC[C@H]1OC(=O)[C@H](C)[C@H]2OC/C(=N\OCc3cccc(=O)[nH]3)CO[C@](C)(C[C@@H](C)C3=NCCN4C(=O)O[C@@]1(C)[C@H]4[C@H]3C)[C@H](O[C@H]1O[C@@H](C)C[C@@H](N(C)C)[C@@H]1O)[C@H]2C. The van der Waals surface area contributed by atoms with Gasteiger partial charge in [-0.1, -0.05) is 38.9 Å². The Morgan fingerprint density at radius 3 is 2.54 bits per heavy atom. The van der Waals surface area contributed by atoms with E-state index in [9.17, 15) is 19.5 Å². The van der Waals surface area contributed by atoms with Crippen molar-refractivity contribution in [1.82, 2.24) is 14.8 Å². The number of oxime groups is 1. The number of aliphatic hydroxyl groups excluding tert-OH is 1. The molecule has 1 amide bonds. The van der Waals surface area contributed by atoms with Gasteiger partial charge in [0.15, 0.2) is 18.5 Å². The molecule has 5 aliphatic rings. The fourth-order valence-corrected chi connectivity index (χ4v) is 9.99. The second-order valence-corrected chi connectivity index (χ2v) is 17.3. The lowest BCUT2D eigenvalue weighted by molar-refractivity contribution is -0.302. The maximum atomic E-state index is 14.5. The molecule has 2 N–H and O–H groups in total. The van der Waals surface area contributed by atoms with Crippen LogP contribution in [-0.4, -0.2) is 144 Å². The molecule has 0 spiro atoms. The highest BCUT2D eigenvalue weighted by molar-refractivity contribution is 5.91. The number of amides is 1. The van der Waals surface area contributed by atoms with Crippen molar-refractivity contribution in [2.24, 2.45) is 33.8 Å². The Bertz CT molecular complexity index is 1720. The lowest BCUT2D eigenvalue weighted by atomic mass is 9.72. The molecule has 0 radical (unpaired) electrons. The summed E-state index contributed by atoms with van der Waals surface area (Å²) < 4.78 is 39.6. The van der Waals surface area contributed by atoms with Crippen LogP contribution in [-0.2, 0) is 44.7 Å². The molecule has 0 saturated carbocycles. The summed E-state index contributed by atoms with van der Waals surface area (Å²) in [6.45, 7) is 16.3. The van der Waals surface area contributed by atoms with Crippen LogP contribution in [0.1, 0.15) is 80.3 Å². The minimum atomic E-state index is -1.15. The zero-order valence-corrected chi connectivity index (χ0v) is 35.1. The minimum Gasteiger partial charge on any atom is -0.458 e. The third-order valence-electron chi connectivity index (χ3n) is 12.8. The van der Waals surface area contributed by atoms with Crippen LogP contribution in [0.2, 0.25) is 0 Å². The normalized spacial score (nSPS) is 41.3. The third-order valence-corrected chi connectivity index (χ3v) is 12.8. The number of carbonyl (C=O) groups excluding carboxylic acids is 2. The van der Waals surface area contributed by atoms with Crippen molar-refractivity contribution < 1.29 is 48.0 Å². The summed E-state index contributed by atoms with van der Waals surface area (Å²) in [4.78, 5) is 57.2. The smallest absolute Gasteiger partial charge is 0.410 e. The van der Waals surface area contributed by atoms with E-state index in [1.165, 1.54) is 6.07 Å². The number of aliphatic hydroxyl groups is 1. The van der Waals surface area contributed by atoms with Gasteiger partial charge in [0.05, 0.1) is 61.3 Å². The molecule has 4 bridgehead atoms. The molecule has 4 saturated heterocycles. The van der Waals surface area contributed by atoms with Crippen LogP contribution in [0.15, 0.2) is 33.1 Å². The number of hydrogen-bond acceptors (Lipinski definition) is 14. The second kappa shape index (κ2) is 17.4. The topological polar surface area (TPSA) is 183 Å². The van der Waals surface area contributed by atoms with Crippen molar-refractivity contribution in [3.05, 3.63) is 34.2 Å². The van der Waals surface area contributed by atoms with Crippen LogP contribution < -0.4 is 5.56 Å². The highest BCUT2D eigenvalue weighted by atomic mass is 16.7. The number of cyclic esters (lactones) is 1. The number of H-pyrrole nitrogens is 1. The van der Waals surface area contributed by atoms with Crippen molar-refractivity contribution in [2.75, 3.05) is 40.4 Å². The quantitative estimate of drug-likeness (QED) is 0.303. The standard InChI is InChI=1S/C41H63N5O11/c1-11-30-41(8)35-24(4)32(42-15-16-46(35)39(50)57-41)22(2)18-40(7)36(56-38-33(48)29(45(9)10)17-23(3)54-38)25(5)34(26(6)37(49)55-30)51-19-28(20-52-40)44-53-21-27-13-12-14-31(47)43-27/h12-14,22-26,29-30,33-36,38,48H,11,15-21H2,1-10H3,(H,43,47)/b44-28+/t22-,23+,24+,25+,26-,29-,30-,33+,34+,35-,36-,38-,40-,41-/m1/s1. The first-order valence-electron chi connectivity index (χ1n) is 20.5. The van der Waals surface area contributed by atoms with Crippen LogP contribution in [0.5, 0.6) is 0 Å². The van der Waals surface area contributed by atoms with Gasteiger partial charge in [-0.05, 0) is 73.0 Å². The van der Waals surface area contributed by atoms with E-state index in [0.29, 0.717) is 43.8 Å². The van der Waals surface area contributed by atoms with E-state index in [4.69, 9.17) is 38.3 Å². The van der Waals surface area contributed by atoms with Crippen molar-refractivity contribution in [2.45, 2.75) is 141 Å². The molecule has 1 aromatic heterocycles. The van der Waals surface area contributed by atoms with Gasteiger partial charge in [-0.3, -0.25) is 19.5 Å². The Morgan fingerprint density at radius 1 is 1.09 bits per heavy atom. The lowest BCUT2D eigenvalue weighted by Crippen LogP contribution is -2.60. The number of aromatic nitrogens is 1. The Morgan fingerprint density at radius 2 is 1.84 bits per heavy atom. The van der Waals surface area contributed by atoms with E-state index in [0.717, 1.165) is 5.71 Å². The molecule has 0 unspecified atom stereocenters. The number of rotatable bonds is 7. The Balaban J connectivity index is 1.45. The van der Waals surface area contributed by atoms with E-state index < -0.39 is 71.8 Å². The molecule has 57 heavy (non-hydrogen) atoms. The molecule has 1 aromatic rings. The molecule has 0 aromatic carbocycles. The van der Waals surface area contributed by atoms with Gasteiger partial charge in [0.2, 0.25) is 5.56 Å². The lowest BCUT2D eigenvalue weighted by Gasteiger charge is -2.48. The van der Waals surface area contributed by atoms with Gasteiger partial charge in [-0.25, -0.2) is 4.79 Å².